The molecule has 0 bridgehead atoms. The van der Waals surface area contributed by atoms with E-state index in [-0.39, 0.29) is 0 Å². The summed E-state index contributed by atoms with van der Waals surface area (Å²) in [7, 11) is 3.37. The predicted octanol–water partition coefficient (Wildman–Crippen LogP) is 2.44. The zero-order valence-corrected chi connectivity index (χ0v) is 13.7. The molecule has 4 heteroatoms. The van der Waals surface area contributed by atoms with Crippen LogP contribution in [-0.2, 0) is 13.0 Å². The Morgan fingerprint density at radius 1 is 1.19 bits per heavy atom. The highest BCUT2D eigenvalue weighted by Crippen LogP contribution is 2.34. The molecule has 0 amide bonds. The number of fused-ring (bicyclic) bond motifs is 1. The van der Waals surface area contributed by atoms with Gasteiger partial charge in [-0.15, -0.1) is 0 Å². The average Bonchev–Trinajstić information content (AvgIpc) is 2.53. The Bertz CT molecular complexity index is 476. The second kappa shape index (κ2) is 7.14. The van der Waals surface area contributed by atoms with Gasteiger partial charge in [-0.05, 0) is 35.6 Å². The Morgan fingerprint density at radius 3 is 2.33 bits per heavy atom. The van der Waals surface area contributed by atoms with E-state index < -0.39 is 0 Å². The Hall–Kier alpha value is -1.26. The molecule has 1 aliphatic heterocycles. The van der Waals surface area contributed by atoms with Crippen LogP contribution in [0.3, 0.4) is 0 Å². The molecule has 4 nitrogen and oxygen atoms in total. The van der Waals surface area contributed by atoms with Crippen LogP contribution in [0, 0.1) is 5.92 Å². The summed E-state index contributed by atoms with van der Waals surface area (Å²) in [4.78, 5) is 2.52. The molecule has 0 fully saturated rings. The molecule has 2 atom stereocenters. The van der Waals surface area contributed by atoms with Crippen molar-refractivity contribution in [2.24, 2.45) is 11.7 Å². The van der Waals surface area contributed by atoms with Crippen molar-refractivity contribution in [3.8, 4) is 11.5 Å². The van der Waals surface area contributed by atoms with Crippen LogP contribution in [0.25, 0.3) is 0 Å². The molecule has 0 saturated carbocycles. The number of benzene rings is 1. The summed E-state index contributed by atoms with van der Waals surface area (Å²) in [6.45, 7) is 7.26. The molecule has 0 spiro atoms. The predicted molar refractivity (Wildman–Crippen MR) is 86.0 cm³/mol. The van der Waals surface area contributed by atoms with Crippen LogP contribution in [-0.4, -0.2) is 38.3 Å². The van der Waals surface area contributed by atoms with Crippen LogP contribution in [0.15, 0.2) is 12.1 Å². The lowest BCUT2D eigenvalue weighted by Gasteiger charge is -2.38. The molecule has 0 saturated heterocycles. The number of nitrogens with two attached hydrogens (primary N) is 1. The molecular formula is C17H28N2O2. The van der Waals surface area contributed by atoms with Crippen molar-refractivity contribution in [2.45, 2.75) is 39.3 Å². The first-order valence-electron chi connectivity index (χ1n) is 7.82. The minimum absolute atomic E-state index is 0.455. The summed E-state index contributed by atoms with van der Waals surface area (Å²) in [5.74, 6) is 2.25. The van der Waals surface area contributed by atoms with E-state index in [0.717, 1.165) is 44.0 Å². The second-order valence-electron chi connectivity index (χ2n) is 5.88. The van der Waals surface area contributed by atoms with Crippen LogP contribution in [0.5, 0.6) is 11.5 Å². The standard InChI is InChI=1S/C17H28N2O2/c1-5-12(2)15(10-18)19-7-6-13-8-16(20-3)17(21-4)9-14(13)11-19/h8-9,12,15H,5-7,10-11,18H2,1-4H3. The van der Waals surface area contributed by atoms with Crippen molar-refractivity contribution in [2.75, 3.05) is 27.3 Å². The lowest BCUT2D eigenvalue weighted by molar-refractivity contribution is 0.135. The van der Waals surface area contributed by atoms with Crippen LogP contribution >= 0.6 is 0 Å². The summed E-state index contributed by atoms with van der Waals surface area (Å²) in [6.07, 6.45) is 2.21. The zero-order valence-electron chi connectivity index (χ0n) is 13.7. The lowest BCUT2D eigenvalue weighted by Crippen LogP contribution is -2.46. The van der Waals surface area contributed by atoms with E-state index in [1.54, 1.807) is 14.2 Å². The van der Waals surface area contributed by atoms with Crippen molar-refractivity contribution >= 4 is 0 Å². The normalized spacial score (nSPS) is 18.0. The third kappa shape index (κ3) is 3.33. The third-order valence-electron chi connectivity index (χ3n) is 4.76. The molecule has 1 aromatic carbocycles. The van der Waals surface area contributed by atoms with Gasteiger partial charge in [0.1, 0.15) is 0 Å². The monoisotopic (exact) mass is 292 g/mol. The highest BCUT2D eigenvalue weighted by molar-refractivity contribution is 5.48. The van der Waals surface area contributed by atoms with E-state index in [1.807, 2.05) is 0 Å². The second-order valence-corrected chi connectivity index (χ2v) is 5.88. The van der Waals surface area contributed by atoms with Crippen LogP contribution < -0.4 is 15.2 Å². The summed E-state index contributed by atoms with van der Waals surface area (Å²) in [5.41, 5.74) is 8.71. The highest BCUT2D eigenvalue weighted by atomic mass is 16.5. The number of hydrogen-bond acceptors (Lipinski definition) is 4. The van der Waals surface area contributed by atoms with Gasteiger partial charge in [-0.1, -0.05) is 20.3 Å². The fourth-order valence-electron chi connectivity index (χ4n) is 3.20. The summed E-state index contributed by atoms with van der Waals surface area (Å²) >= 11 is 0. The lowest BCUT2D eigenvalue weighted by atomic mass is 9.92. The Morgan fingerprint density at radius 2 is 1.81 bits per heavy atom. The molecule has 1 aromatic rings. The van der Waals surface area contributed by atoms with E-state index in [1.165, 1.54) is 11.1 Å². The van der Waals surface area contributed by atoms with Gasteiger partial charge in [0.15, 0.2) is 11.5 Å². The number of methoxy groups -OCH3 is 2. The molecular weight excluding hydrogens is 264 g/mol. The molecule has 0 radical (unpaired) electrons. The molecule has 118 valence electrons. The first kappa shape index (κ1) is 16.1. The smallest absolute Gasteiger partial charge is 0.161 e. The van der Waals surface area contributed by atoms with Gasteiger partial charge < -0.3 is 15.2 Å². The summed E-state index contributed by atoms with van der Waals surface area (Å²) in [5, 5.41) is 0. The zero-order chi connectivity index (χ0) is 15.4. The molecule has 0 aromatic heterocycles. The first-order valence-corrected chi connectivity index (χ1v) is 7.82. The summed E-state index contributed by atoms with van der Waals surface area (Å²) in [6, 6.07) is 4.69. The van der Waals surface area contributed by atoms with E-state index in [0.29, 0.717) is 12.0 Å². The fourth-order valence-corrected chi connectivity index (χ4v) is 3.20. The maximum atomic E-state index is 6.02. The van der Waals surface area contributed by atoms with E-state index >= 15 is 0 Å². The van der Waals surface area contributed by atoms with Gasteiger partial charge in [0, 0.05) is 25.7 Å². The maximum absolute atomic E-state index is 6.02. The number of hydrogen-bond donors (Lipinski definition) is 1. The van der Waals surface area contributed by atoms with Gasteiger partial charge in [-0.25, -0.2) is 0 Å². The van der Waals surface area contributed by atoms with Crippen LogP contribution in [0.2, 0.25) is 0 Å². The van der Waals surface area contributed by atoms with Crippen molar-refractivity contribution < 1.29 is 9.47 Å². The van der Waals surface area contributed by atoms with Gasteiger partial charge in [0.25, 0.3) is 0 Å². The Labute approximate surface area is 128 Å². The largest absolute Gasteiger partial charge is 0.493 e. The summed E-state index contributed by atoms with van der Waals surface area (Å²) < 4.78 is 10.8. The van der Waals surface area contributed by atoms with E-state index in [2.05, 4.69) is 30.9 Å². The van der Waals surface area contributed by atoms with Gasteiger partial charge in [0.05, 0.1) is 14.2 Å². The van der Waals surface area contributed by atoms with Gasteiger partial charge >= 0.3 is 0 Å². The van der Waals surface area contributed by atoms with Gasteiger partial charge in [-0.2, -0.15) is 0 Å². The fraction of sp³-hybridized carbons (Fsp3) is 0.647. The van der Waals surface area contributed by atoms with Crippen LogP contribution in [0.1, 0.15) is 31.4 Å². The quantitative estimate of drug-likeness (QED) is 0.875. The number of rotatable bonds is 6. The first-order chi connectivity index (χ1) is 10.1. The van der Waals surface area contributed by atoms with Crippen LogP contribution in [0.4, 0.5) is 0 Å². The Kier molecular flexibility index (Phi) is 5.48. The SMILES string of the molecule is CCC(C)C(CN)N1CCc2cc(OC)c(OC)cc2C1. The topological polar surface area (TPSA) is 47.7 Å². The number of nitrogens with zero attached hydrogens (tertiary/aromatic N) is 1. The number of ether oxygens (including phenoxy) is 2. The molecule has 2 rings (SSSR count). The molecule has 21 heavy (non-hydrogen) atoms. The van der Waals surface area contributed by atoms with E-state index in [9.17, 15) is 0 Å². The molecule has 0 aliphatic carbocycles. The van der Waals surface area contributed by atoms with Crippen molar-refractivity contribution in [3.05, 3.63) is 23.3 Å². The molecule has 1 aliphatic rings. The molecule has 2 N–H and O–H groups in total. The van der Waals surface area contributed by atoms with E-state index in [4.69, 9.17) is 15.2 Å². The minimum atomic E-state index is 0.455. The maximum Gasteiger partial charge on any atom is 0.161 e. The third-order valence-corrected chi connectivity index (χ3v) is 4.76. The Balaban J connectivity index is 2.23. The minimum Gasteiger partial charge on any atom is -0.493 e. The molecule has 2 unspecified atom stereocenters. The van der Waals surface area contributed by atoms with Crippen molar-refractivity contribution in [3.63, 3.8) is 0 Å². The average molecular weight is 292 g/mol. The van der Waals surface area contributed by atoms with Crippen molar-refractivity contribution in [1.82, 2.24) is 4.90 Å². The molecule has 1 heterocycles. The van der Waals surface area contributed by atoms with Crippen molar-refractivity contribution in [1.29, 1.82) is 0 Å². The van der Waals surface area contributed by atoms with Gasteiger partial charge in [-0.3, -0.25) is 4.90 Å². The highest BCUT2D eigenvalue weighted by Gasteiger charge is 2.26. The van der Waals surface area contributed by atoms with Gasteiger partial charge in [0.2, 0.25) is 0 Å².